The minimum Gasteiger partial charge on any atom is -0.488 e. The molecule has 2 N–H and O–H groups in total. The molecule has 88 valence electrons. The van der Waals surface area contributed by atoms with Crippen LogP contribution >= 0.6 is 0 Å². The van der Waals surface area contributed by atoms with Gasteiger partial charge in [-0.1, -0.05) is 17.7 Å². The molecule has 1 aliphatic heterocycles. The van der Waals surface area contributed by atoms with E-state index >= 15 is 0 Å². The molecule has 0 saturated carbocycles. The zero-order valence-electron chi connectivity index (χ0n) is 9.86. The molecule has 0 aliphatic carbocycles. The van der Waals surface area contributed by atoms with Crippen molar-refractivity contribution < 1.29 is 9.84 Å². The van der Waals surface area contributed by atoms with Gasteiger partial charge in [-0.05, 0) is 25.5 Å². The Balaban J connectivity index is 1.86. The second kappa shape index (κ2) is 4.85. The van der Waals surface area contributed by atoms with Crippen molar-refractivity contribution in [2.45, 2.75) is 32.5 Å². The van der Waals surface area contributed by atoms with Crippen LogP contribution < -0.4 is 10.1 Å². The summed E-state index contributed by atoms with van der Waals surface area (Å²) in [4.78, 5) is 0. The number of aliphatic hydroxyl groups is 1. The zero-order valence-corrected chi connectivity index (χ0v) is 9.86. The normalized spacial score (nSPS) is 20.3. The van der Waals surface area contributed by atoms with Crippen LogP contribution in [0.3, 0.4) is 0 Å². The van der Waals surface area contributed by atoms with Gasteiger partial charge in [0.05, 0.1) is 6.10 Å². The third kappa shape index (κ3) is 2.74. The fourth-order valence-corrected chi connectivity index (χ4v) is 2.02. The van der Waals surface area contributed by atoms with E-state index < -0.39 is 0 Å². The zero-order chi connectivity index (χ0) is 11.5. The molecule has 1 aromatic carbocycles. The summed E-state index contributed by atoms with van der Waals surface area (Å²) in [5, 5.41) is 12.3. The lowest BCUT2D eigenvalue weighted by Crippen LogP contribution is -2.34. The molecule has 0 amide bonds. The second-order valence-electron chi connectivity index (χ2n) is 4.56. The summed E-state index contributed by atoms with van der Waals surface area (Å²) < 4.78 is 5.80. The molecule has 1 aromatic rings. The van der Waals surface area contributed by atoms with Crippen LogP contribution in [0.2, 0.25) is 0 Å². The van der Waals surface area contributed by atoms with Gasteiger partial charge in [0.25, 0.3) is 0 Å². The first kappa shape index (κ1) is 11.4. The van der Waals surface area contributed by atoms with Crippen LogP contribution in [-0.4, -0.2) is 30.4 Å². The van der Waals surface area contributed by atoms with Gasteiger partial charge in [-0.2, -0.15) is 0 Å². The van der Waals surface area contributed by atoms with Crippen molar-refractivity contribution in [2.75, 3.05) is 13.1 Å². The van der Waals surface area contributed by atoms with Crippen molar-refractivity contribution in [2.24, 2.45) is 0 Å². The van der Waals surface area contributed by atoms with Gasteiger partial charge < -0.3 is 15.2 Å². The standard InChI is InChI=1S/C13H19NO2/c1-9-3-4-13-11(5-9)6-12(16-13)8-14-7-10(2)15/h3-5,10,12,14-15H,6-8H2,1-2H3. The van der Waals surface area contributed by atoms with Crippen LogP contribution in [-0.2, 0) is 6.42 Å². The number of rotatable bonds is 4. The molecule has 0 saturated heterocycles. The molecule has 0 aromatic heterocycles. The number of nitrogens with one attached hydrogen (secondary N) is 1. The van der Waals surface area contributed by atoms with Crippen LogP contribution in [0, 0.1) is 6.92 Å². The van der Waals surface area contributed by atoms with Gasteiger partial charge in [0, 0.05) is 19.5 Å². The van der Waals surface area contributed by atoms with Crippen LogP contribution in [0.25, 0.3) is 0 Å². The Morgan fingerprint density at radius 2 is 2.38 bits per heavy atom. The van der Waals surface area contributed by atoms with E-state index in [1.165, 1.54) is 11.1 Å². The van der Waals surface area contributed by atoms with Crippen molar-refractivity contribution in [3.63, 3.8) is 0 Å². The molecular weight excluding hydrogens is 202 g/mol. The van der Waals surface area contributed by atoms with E-state index in [1.54, 1.807) is 6.92 Å². The van der Waals surface area contributed by atoms with Crippen LogP contribution in [0.1, 0.15) is 18.1 Å². The number of hydrogen-bond donors (Lipinski definition) is 2. The summed E-state index contributed by atoms with van der Waals surface area (Å²) in [6, 6.07) is 6.30. The highest BCUT2D eigenvalue weighted by atomic mass is 16.5. The summed E-state index contributed by atoms with van der Waals surface area (Å²) in [5.41, 5.74) is 2.57. The number of aryl methyl sites for hydroxylation is 1. The highest BCUT2D eigenvalue weighted by Crippen LogP contribution is 2.29. The molecule has 0 radical (unpaired) electrons. The molecule has 3 heteroatoms. The molecule has 2 atom stereocenters. The Morgan fingerprint density at radius 3 is 3.12 bits per heavy atom. The molecule has 16 heavy (non-hydrogen) atoms. The van der Waals surface area contributed by atoms with Gasteiger partial charge in [-0.25, -0.2) is 0 Å². The molecule has 0 bridgehead atoms. The number of ether oxygens (including phenoxy) is 1. The summed E-state index contributed by atoms with van der Waals surface area (Å²) in [6.07, 6.45) is 0.866. The van der Waals surface area contributed by atoms with E-state index in [4.69, 9.17) is 9.84 Å². The Morgan fingerprint density at radius 1 is 1.56 bits per heavy atom. The first-order chi connectivity index (χ1) is 7.65. The van der Waals surface area contributed by atoms with E-state index in [-0.39, 0.29) is 12.2 Å². The van der Waals surface area contributed by atoms with E-state index in [0.29, 0.717) is 6.54 Å². The maximum atomic E-state index is 9.13. The predicted molar refractivity (Wildman–Crippen MR) is 63.8 cm³/mol. The third-order valence-corrected chi connectivity index (χ3v) is 2.77. The van der Waals surface area contributed by atoms with Crippen molar-refractivity contribution >= 4 is 0 Å². The van der Waals surface area contributed by atoms with Gasteiger partial charge in [0.15, 0.2) is 0 Å². The largest absolute Gasteiger partial charge is 0.488 e. The molecule has 1 heterocycles. The van der Waals surface area contributed by atoms with Gasteiger partial charge in [-0.15, -0.1) is 0 Å². The summed E-state index contributed by atoms with van der Waals surface area (Å²) >= 11 is 0. The first-order valence-electron chi connectivity index (χ1n) is 5.80. The minimum absolute atomic E-state index is 0.204. The highest BCUT2D eigenvalue weighted by Gasteiger charge is 2.22. The van der Waals surface area contributed by atoms with E-state index in [1.807, 2.05) is 6.07 Å². The highest BCUT2D eigenvalue weighted by molar-refractivity contribution is 5.40. The molecule has 0 fully saturated rings. The summed E-state index contributed by atoms with van der Waals surface area (Å²) in [6.45, 7) is 5.29. The van der Waals surface area contributed by atoms with Gasteiger partial charge in [0.1, 0.15) is 11.9 Å². The molecule has 2 unspecified atom stereocenters. The minimum atomic E-state index is -0.300. The Hall–Kier alpha value is -1.06. The molecular formula is C13H19NO2. The van der Waals surface area contributed by atoms with Crippen molar-refractivity contribution in [1.29, 1.82) is 0 Å². The topological polar surface area (TPSA) is 41.5 Å². The van der Waals surface area contributed by atoms with Crippen LogP contribution in [0.15, 0.2) is 18.2 Å². The van der Waals surface area contributed by atoms with Crippen molar-refractivity contribution in [1.82, 2.24) is 5.32 Å². The fraction of sp³-hybridized carbons (Fsp3) is 0.538. The van der Waals surface area contributed by atoms with E-state index in [2.05, 4.69) is 24.4 Å². The lowest BCUT2D eigenvalue weighted by molar-refractivity contribution is 0.177. The second-order valence-corrected chi connectivity index (χ2v) is 4.56. The molecule has 1 aliphatic rings. The quantitative estimate of drug-likeness (QED) is 0.804. The van der Waals surface area contributed by atoms with Crippen molar-refractivity contribution in [3.8, 4) is 5.75 Å². The van der Waals surface area contributed by atoms with Gasteiger partial charge >= 0.3 is 0 Å². The number of aliphatic hydroxyl groups excluding tert-OH is 1. The Bertz CT molecular complexity index is 363. The third-order valence-electron chi connectivity index (χ3n) is 2.77. The van der Waals surface area contributed by atoms with E-state index in [0.717, 1.165) is 18.7 Å². The lowest BCUT2D eigenvalue weighted by atomic mass is 10.1. The molecule has 0 spiro atoms. The average molecular weight is 221 g/mol. The molecule has 3 nitrogen and oxygen atoms in total. The number of fused-ring (bicyclic) bond motifs is 1. The maximum absolute atomic E-state index is 9.13. The number of benzene rings is 1. The SMILES string of the molecule is Cc1ccc2c(c1)CC(CNCC(C)O)O2. The predicted octanol–water partition coefficient (Wildman–Crippen LogP) is 1.27. The van der Waals surface area contributed by atoms with Crippen LogP contribution in [0.4, 0.5) is 0 Å². The monoisotopic (exact) mass is 221 g/mol. The van der Waals surface area contributed by atoms with Crippen LogP contribution in [0.5, 0.6) is 5.75 Å². The first-order valence-corrected chi connectivity index (χ1v) is 5.80. The summed E-state index contributed by atoms with van der Waals surface area (Å²) in [5.74, 6) is 1.01. The Kier molecular flexibility index (Phi) is 3.46. The number of hydrogen-bond acceptors (Lipinski definition) is 3. The van der Waals surface area contributed by atoms with Gasteiger partial charge in [0.2, 0.25) is 0 Å². The molecule has 2 rings (SSSR count). The van der Waals surface area contributed by atoms with E-state index in [9.17, 15) is 0 Å². The smallest absolute Gasteiger partial charge is 0.123 e. The average Bonchev–Trinajstić information content (AvgIpc) is 2.58. The van der Waals surface area contributed by atoms with Gasteiger partial charge in [-0.3, -0.25) is 0 Å². The maximum Gasteiger partial charge on any atom is 0.123 e. The summed E-state index contributed by atoms with van der Waals surface area (Å²) in [7, 11) is 0. The lowest BCUT2D eigenvalue weighted by Gasteiger charge is -2.12. The Labute approximate surface area is 96.4 Å². The van der Waals surface area contributed by atoms with Crippen molar-refractivity contribution in [3.05, 3.63) is 29.3 Å². The fourth-order valence-electron chi connectivity index (χ4n) is 2.02.